The molecule has 0 fully saturated rings. The van der Waals surface area contributed by atoms with Crippen LogP contribution in [0, 0.1) is 0 Å². The fourth-order valence-corrected chi connectivity index (χ4v) is 1.05. The maximum Gasteiger partial charge on any atom is 0.359 e. The molecule has 76 valence electrons. The van der Waals surface area contributed by atoms with Crippen LogP contribution in [0.3, 0.4) is 0 Å². The first-order valence-corrected chi connectivity index (χ1v) is 4.52. The number of benzene rings is 1. The van der Waals surface area contributed by atoms with Gasteiger partial charge in [0.2, 0.25) is 0 Å². The Morgan fingerprint density at radius 1 is 1.33 bits per heavy atom. The van der Waals surface area contributed by atoms with Gasteiger partial charge in [-0.25, -0.2) is 4.79 Å². The number of amides is 3. The minimum absolute atomic E-state index is 0.422. The van der Waals surface area contributed by atoms with Gasteiger partial charge in [0.05, 0.1) is 5.16 Å². The highest BCUT2D eigenvalue weighted by Gasteiger charge is 2.16. The molecule has 0 N–H and O–H groups in total. The highest BCUT2D eigenvalue weighted by atomic mass is 32.1. The van der Waals surface area contributed by atoms with Crippen LogP contribution < -0.4 is 0 Å². The van der Waals surface area contributed by atoms with Crippen molar-refractivity contribution in [1.82, 2.24) is 4.90 Å². The fraction of sp³-hybridized carbons (Fsp3) is 0.100. The van der Waals surface area contributed by atoms with Crippen molar-refractivity contribution in [3.05, 3.63) is 35.9 Å². The number of isothiocyanates is 1. The van der Waals surface area contributed by atoms with Gasteiger partial charge in [-0.05, 0) is 24.4 Å². The normalized spacial score (nSPS) is 8.87. The summed E-state index contributed by atoms with van der Waals surface area (Å²) in [5.74, 6) is -0.422. The summed E-state index contributed by atoms with van der Waals surface area (Å²) in [6.45, 7) is 0. The summed E-state index contributed by atoms with van der Waals surface area (Å²) in [4.78, 5) is 26.9. The van der Waals surface area contributed by atoms with Crippen LogP contribution in [0.25, 0.3) is 0 Å². The van der Waals surface area contributed by atoms with Crippen molar-refractivity contribution in [3.63, 3.8) is 0 Å². The van der Waals surface area contributed by atoms with Crippen molar-refractivity contribution in [1.29, 1.82) is 0 Å². The van der Waals surface area contributed by atoms with Crippen LogP contribution in [0.2, 0.25) is 0 Å². The Bertz CT molecular complexity index is 424. The van der Waals surface area contributed by atoms with Gasteiger partial charge in [-0.1, -0.05) is 18.2 Å². The third-order valence-corrected chi connectivity index (χ3v) is 1.84. The molecule has 0 aliphatic carbocycles. The standard InChI is InChI=1S/C10H8N2O2S/c1-12(10(14)11-7-15)9(13)8-5-3-2-4-6-8/h2-6H,1H3. The van der Waals surface area contributed by atoms with Gasteiger partial charge in [0.25, 0.3) is 5.91 Å². The third kappa shape index (κ3) is 2.80. The van der Waals surface area contributed by atoms with Gasteiger partial charge >= 0.3 is 6.03 Å². The van der Waals surface area contributed by atoms with E-state index in [1.165, 1.54) is 7.05 Å². The third-order valence-electron chi connectivity index (χ3n) is 1.75. The molecule has 1 aromatic rings. The minimum atomic E-state index is -0.723. The van der Waals surface area contributed by atoms with E-state index < -0.39 is 11.9 Å². The second-order valence-corrected chi connectivity index (χ2v) is 2.90. The van der Waals surface area contributed by atoms with Gasteiger partial charge in [-0.2, -0.15) is 0 Å². The lowest BCUT2D eigenvalue weighted by molar-refractivity contribution is 0.0838. The predicted octanol–water partition coefficient (Wildman–Crippen LogP) is 1.98. The molecule has 0 aliphatic heterocycles. The number of carbonyl (C=O) groups is 2. The van der Waals surface area contributed by atoms with E-state index in [9.17, 15) is 9.59 Å². The monoisotopic (exact) mass is 220 g/mol. The molecule has 0 atom stereocenters. The molecule has 15 heavy (non-hydrogen) atoms. The quantitative estimate of drug-likeness (QED) is 0.537. The zero-order valence-electron chi connectivity index (χ0n) is 8.01. The molecule has 0 saturated heterocycles. The first kappa shape index (κ1) is 11.2. The Labute approximate surface area is 92.2 Å². The van der Waals surface area contributed by atoms with E-state index in [0.29, 0.717) is 5.56 Å². The molecule has 1 aromatic carbocycles. The molecule has 5 heteroatoms. The van der Waals surface area contributed by atoms with Crippen LogP contribution in [0.5, 0.6) is 0 Å². The first-order valence-electron chi connectivity index (χ1n) is 4.11. The summed E-state index contributed by atoms with van der Waals surface area (Å²) in [6, 6.07) is 7.73. The molecule has 0 spiro atoms. The minimum Gasteiger partial charge on any atom is -0.269 e. The maximum absolute atomic E-state index is 11.6. The van der Waals surface area contributed by atoms with Crippen molar-refractivity contribution in [2.75, 3.05) is 7.05 Å². The molecule has 0 aromatic heterocycles. The Morgan fingerprint density at radius 2 is 1.93 bits per heavy atom. The fourth-order valence-electron chi connectivity index (χ4n) is 0.975. The average molecular weight is 220 g/mol. The number of carbonyl (C=O) groups excluding carboxylic acids is 2. The maximum atomic E-state index is 11.6. The van der Waals surface area contributed by atoms with E-state index in [4.69, 9.17) is 0 Å². The summed E-state index contributed by atoms with van der Waals surface area (Å²) < 4.78 is 0. The summed E-state index contributed by atoms with van der Waals surface area (Å²) >= 11 is 4.28. The number of hydrogen-bond acceptors (Lipinski definition) is 3. The van der Waals surface area contributed by atoms with E-state index in [-0.39, 0.29) is 0 Å². The topological polar surface area (TPSA) is 49.7 Å². The van der Waals surface area contributed by atoms with Crippen LogP contribution >= 0.6 is 12.2 Å². The first-order chi connectivity index (χ1) is 7.16. The van der Waals surface area contributed by atoms with Crippen molar-refractivity contribution in [2.24, 2.45) is 4.99 Å². The lowest BCUT2D eigenvalue weighted by atomic mass is 10.2. The van der Waals surface area contributed by atoms with Crippen LogP contribution in [-0.2, 0) is 0 Å². The lowest BCUT2D eigenvalue weighted by Crippen LogP contribution is -2.30. The van der Waals surface area contributed by atoms with Gasteiger partial charge in [0, 0.05) is 12.6 Å². The Hall–Kier alpha value is -1.84. The lowest BCUT2D eigenvalue weighted by Gasteiger charge is -2.10. The molecule has 0 unspecified atom stereocenters. The smallest absolute Gasteiger partial charge is 0.269 e. The molecule has 0 bridgehead atoms. The molecule has 0 radical (unpaired) electrons. The zero-order valence-corrected chi connectivity index (χ0v) is 8.82. The van der Waals surface area contributed by atoms with Gasteiger partial charge < -0.3 is 0 Å². The number of aliphatic imine (C=N–C) groups is 1. The van der Waals surface area contributed by atoms with Crippen molar-refractivity contribution >= 4 is 29.3 Å². The van der Waals surface area contributed by atoms with Gasteiger partial charge in [-0.15, -0.1) is 4.99 Å². The van der Waals surface area contributed by atoms with Crippen LogP contribution in [0.4, 0.5) is 4.79 Å². The van der Waals surface area contributed by atoms with Crippen LogP contribution in [-0.4, -0.2) is 29.0 Å². The van der Waals surface area contributed by atoms with Gasteiger partial charge in [-0.3, -0.25) is 9.69 Å². The molecule has 3 amide bonds. The zero-order chi connectivity index (χ0) is 11.3. The molecular weight excluding hydrogens is 212 g/mol. The highest BCUT2D eigenvalue weighted by molar-refractivity contribution is 7.78. The number of rotatable bonds is 1. The second-order valence-electron chi connectivity index (χ2n) is 2.72. The van der Waals surface area contributed by atoms with E-state index >= 15 is 0 Å². The Kier molecular flexibility index (Phi) is 3.85. The largest absolute Gasteiger partial charge is 0.359 e. The van der Waals surface area contributed by atoms with Crippen molar-refractivity contribution in [3.8, 4) is 0 Å². The highest BCUT2D eigenvalue weighted by Crippen LogP contribution is 2.03. The molecule has 1 rings (SSSR count). The SMILES string of the molecule is CN(C(=O)N=C=S)C(=O)c1ccccc1. The molecule has 0 saturated carbocycles. The number of imide groups is 1. The summed E-state index contributed by atoms with van der Waals surface area (Å²) in [5, 5.41) is 1.92. The summed E-state index contributed by atoms with van der Waals surface area (Å²) in [6.07, 6.45) is 0. The molecule has 0 aliphatic rings. The van der Waals surface area contributed by atoms with E-state index in [0.717, 1.165) is 4.90 Å². The van der Waals surface area contributed by atoms with Gasteiger partial charge in [0.1, 0.15) is 0 Å². The van der Waals surface area contributed by atoms with E-state index in [1.807, 2.05) is 5.16 Å². The van der Waals surface area contributed by atoms with Gasteiger partial charge in [0.15, 0.2) is 0 Å². The van der Waals surface area contributed by atoms with E-state index in [1.54, 1.807) is 30.3 Å². The predicted molar refractivity (Wildman–Crippen MR) is 59.0 cm³/mol. The van der Waals surface area contributed by atoms with Crippen LogP contribution in [0.15, 0.2) is 35.3 Å². The number of thiocarbonyl (C=S) groups is 1. The second kappa shape index (κ2) is 5.14. The molecular formula is C10H8N2O2S. The number of nitrogens with zero attached hydrogens (tertiary/aromatic N) is 2. The summed E-state index contributed by atoms with van der Waals surface area (Å²) in [7, 11) is 1.34. The van der Waals surface area contributed by atoms with E-state index in [2.05, 4.69) is 17.2 Å². The summed E-state index contributed by atoms with van der Waals surface area (Å²) in [5.41, 5.74) is 0.424. The molecule has 4 nitrogen and oxygen atoms in total. The average Bonchev–Trinajstić information content (AvgIpc) is 2.28. The van der Waals surface area contributed by atoms with Crippen LogP contribution in [0.1, 0.15) is 10.4 Å². The van der Waals surface area contributed by atoms with Crippen molar-refractivity contribution < 1.29 is 9.59 Å². The Morgan fingerprint density at radius 3 is 2.47 bits per heavy atom. The number of hydrogen-bond donors (Lipinski definition) is 0. The number of urea groups is 1. The van der Waals surface area contributed by atoms with Crippen molar-refractivity contribution in [2.45, 2.75) is 0 Å². The Balaban J connectivity index is 2.86. The molecule has 0 heterocycles.